The quantitative estimate of drug-likeness (QED) is 0.872. The lowest BCUT2D eigenvalue weighted by molar-refractivity contribution is -0.117. The van der Waals surface area contributed by atoms with Crippen molar-refractivity contribution in [3.63, 3.8) is 0 Å². The molecular weight excluding hydrogens is 309 g/mol. The van der Waals surface area contributed by atoms with Gasteiger partial charge in [-0.1, -0.05) is 23.2 Å². The van der Waals surface area contributed by atoms with Crippen molar-refractivity contribution in [2.24, 2.45) is 5.92 Å². The minimum Gasteiger partial charge on any atom is -0.354 e. The summed E-state index contributed by atoms with van der Waals surface area (Å²) in [5.41, 5.74) is 1.57. The van der Waals surface area contributed by atoms with Crippen LogP contribution in [0.15, 0.2) is 36.5 Å². The summed E-state index contributed by atoms with van der Waals surface area (Å²) in [5.74, 6) is 0.768. The van der Waals surface area contributed by atoms with Gasteiger partial charge in [-0.05, 0) is 43.2 Å². The minimum absolute atomic E-state index is 0.0461. The third-order valence-electron chi connectivity index (χ3n) is 3.11. The lowest BCUT2D eigenvalue weighted by Gasteiger charge is -2.08. The molecule has 2 N–H and O–H groups in total. The second-order valence-corrected chi connectivity index (χ2v) is 5.85. The van der Waals surface area contributed by atoms with Gasteiger partial charge in [0.15, 0.2) is 0 Å². The Morgan fingerprint density at radius 3 is 2.38 bits per heavy atom. The average molecular weight is 322 g/mol. The number of benzene rings is 1. The largest absolute Gasteiger partial charge is 0.354 e. The second kappa shape index (κ2) is 5.92. The summed E-state index contributed by atoms with van der Waals surface area (Å²) in [6.45, 7) is 0. The number of anilines is 3. The predicted molar refractivity (Wildman–Crippen MR) is 85.3 cm³/mol. The summed E-state index contributed by atoms with van der Waals surface area (Å²) in [7, 11) is 0. The highest BCUT2D eigenvalue weighted by molar-refractivity contribution is 6.35. The van der Waals surface area contributed by atoms with Crippen LogP contribution in [-0.2, 0) is 4.79 Å². The Bertz CT molecular complexity index is 649. The van der Waals surface area contributed by atoms with Crippen LogP contribution in [0.2, 0.25) is 10.0 Å². The molecule has 0 unspecified atom stereocenters. The summed E-state index contributed by atoms with van der Waals surface area (Å²) in [4.78, 5) is 15.8. The first-order valence-electron chi connectivity index (χ1n) is 6.60. The number of hydrogen-bond donors (Lipinski definition) is 2. The van der Waals surface area contributed by atoms with Gasteiger partial charge in [-0.15, -0.1) is 0 Å². The van der Waals surface area contributed by atoms with Gasteiger partial charge in [-0.3, -0.25) is 4.79 Å². The lowest BCUT2D eigenvalue weighted by atomic mass is 10.3. The highest BCUT2D eigenvalue weighted by atomic mass is 35.5. The van der Waals surface area contributed by atoms with Crippen molar-refractivity contribution < 1.29 is 4.79 Å². The van der Waals surface area contributed by atoms with Crippen molar-refractivity contribution >= 4 is 46.3 Å². The predicted octanol–water partition coefficient (Wildman–Crippen LogP) is 4.48. The normalized spacial score (nSPS) is 13.8. The first-order valence-corrected chi connectivity index (χ1v) is 7.36. The standard InChI is InChI=1S/C15H13Cl2N3O/c16-10-5-11(17)7-13(6-10)19-12-3-4-14(18-8-12)20-15(21)9-1-2-9/h3-9,19H,1-2H2,(H,18,20,21). The van der Waals surface area contributed by atoms with E-state index in [2.05, 4.69) is 15.6 Å². The molecule has 108 valence electrons. The fraction of sp³-hybridized carbons (Fsp3) is 0.200. The molecule has 6 heteroatoms. The number of nitrogens with zero attached hydrogens (tertiary/aromatic N) is 1. The Labute approximate surface area is 132 Å². The van der Waals surface area contributed by atoms with E-state index in [1.165, 1.54) is 0 Å². The third kappa shape index (κ3) is 3.86. The van der Waals surface area contributed by atoms with Gasteiger partial charge in [0.2, 0.25) is 5.91 Å². The van der Waals surface area contributed by atoms with Crippen LogP contribution in [0.5, 0.6) is 0 Å². The van der Waals surface area contributed by atoms with E-state index in [0.717, 1.165) is 24.2 Å². The van der Waals surface area contributed by atoms with Crippen LogP contribution in [0, 0.1) is 5.92 Å². The first-order chi connectivity index (χ1) is 10.1. The number of nitrogens with one attached hydrogen (secondary N) is 2. The molecule has 1 aromatic heterocycles. The molecular formula is C15H13Cl2N3O. The molecule has 0 radical (unpaired) electrons. The average Bonchev–Trinajstić information content (AvgIpc) is 3.24. The van der Waals surface area contributed by atoms with Gasteiger partial charge in [0.25, 0.3) is 0 Å². The zero-order valence-corrected chi connectivity index (χ0v) is 12.6. The van der Waals surface area contributed by atoms with Gasteiger partial charge in [-0.2, -0.15) is 0 Å². The van der Waals surface area contributed by atoms with E-state index < -0.39 is 0 Å². The van der Waals surface area contributed by atoms with Gasteiger partial charge < -0.3 is 10.6 Å². The molecule has 1 saturated carbocycles. The molecule has 1 amide bonds. The van der Waals surface area contributed by atoms with Crippen LogP contribution >= 0.6 is 23.2 Å². The monoisotopic (exact) mass is 321 g/mol. The topological polar surface area (TPSA) is 54.0 Å². The summed E-state index contributed by atoms with van der Waals surface area (Å²) in [5, 5.41) is 7.07. The van der Waals surface area contributed by atoms with Crippen molar-refractivity contribution in [1.29, 1.82) is 0 Å². The summed E-state index contributed by atoms with van der Waals surface area (Å²) in [6.07, 6.45) is 3.60. The van der Waals surface area contributed by atoms with Crippen molar-refractivity contribution in [2.75, 3.05) is 10.6 Å². The SMILES string of the molecule is O=C(Nc1ccc(Nc2cc(Cl)cc(Cl)c2)cn1)C1CC1. The molecule has 4 nitrogen and oxygen atoms in total. The lowest BCUT2D eigenvalue weighted by Crippen LogP contribution is -2.14. The van der Waals surface area contributed by atoms with E-state index in [9.17, 15) is 4.79 Å². The second-order valence-electron chi connectivity index (χ2n) is 4.98. The minimum atomic E-state index is 0.0461. The Hall–Kier alpha value is -1.78. The summed E-state index contributed by atoms with van der Waals surface area (Å²) in [6, 6.07) is 8.81. The number of amides is 1. The number of halogens is 2. The van der Waals surface area contributed by atoms with Crippen molar-refractivity contribution in [2.45, 2.75) is 12.8 Å². The fourth-order valence-corrected chi connectivity index (χ4v) is 2.43. The molecule has 0 spiro atoms. The third-order valence-corrected chi connectivity index (χ3v) is 3.55. The van der Waals surface area contributed by atoms with E-state index in [4.69, 9.17) is 23.2 Å². The van der Waals surface area contributed by atoms with E-state index in [0.29, 0.717) is 15.9 Å². The van der Waals surface area contributed by atoms with E-state index in [1.54, 1.807) is 30.5 Å². The summed E-state index contributed by atoms with van der Waals surface area (Å²) >= 11 is 11.9. The maximum Gasteiger partial charge on any atom is 0.228 e. The number of aromatic nitrogens is 1. The van der Waals surface area contributed by atoms with Crippen molar-refractivity contribution in [3.05, 3.63) is 46.6 Å². The molecule has 1 aliphatic rings. The number of carbonyl (C=O) groups excluding carboxylic acids is 1. The number of hydrogen-bond acceptors (Lipinski definition) is 3. The summed E-state index contributed by atoms with van der Waals surface area (Å²) < 4.78 is 0. The Kier molecular flexibility index (Phi) is 3.99. The van der Waals surface area contributed by atoms with Gasteiger partial charge in [0, 0.05) is 21.7 Å². The molecule has 21 heavy (non-hydrogen) atoms. The van der Waals surface area contributed by atoms with E-state index in [-0.39, 0.29) is 11.8 Å². The molecule has 1 aromatic carbocycles. The molecule has 0 aliphatic heterocycles. The molecule has 0 saturated heterocycles. The fourth-order valence-electron chi connectivity index (χ4n) is 1.91. The molecule has 0 atom stereocenters. The van der Waals surface area contributed by atoms with E-state index in [1.807, 2.05) is 6.07 Å². The Balaban J connectivity index is 1.67. The molecule has 1 fully saturated rings. The van der Waals surface area contributed by atoms with Crippen LogP contribution in [0.1, 0.15) is 12.8 Å². The highest BCUT2D eigenvalue weighted by Crippen LogP contribution is 2.30. The number of carbonyl (C=O) groups is 1. The maximum absolute atomic E-state index is 11.6. The molecule has 1 heterocycles. The van der Waals surface area contributed by atoms with Crippen LogP contribution in [-0.4, -0.2) is 10.9 Å². The maximum atomic E-state index is 11.6. The Morgan fingerprint density at radius 1 is 1.10 bits per heavy atom. The number of pyridine rings is 1. The van der Waals surface area contributed by atoms with Crippen LogP contribution in [0.3, 0.4) is 0 Å². The Morgan fingerprint density at radius 2 is 1.81 bits per heavy atom. The zero-order valence-electron chi connectivity index (χ0n) is 11.1. The first kappa shape index (κ1) is 14.2. The molecule has 1 aliphatic carbocycles. The molecule has 3 rings (SSSR count). The number of rotatable bonds is 4. The molecule has 0 bridgehead atoms. The van der Waals surface area contributed by atoms with Crippen LogP contribution in [0.4, 0.5) is 17.2 Å². The van der Waals surface area contributed by atoms with Crippen LogP contribution in [0.25, 0.3) is 0 Å². The van der Waals surface area contributed by atoms with Gasteiger partial charge in [0.05, 0.1) is 11.9 Å². The van der Waals surface area contributed by atoms with Crippen molar-refractivity contribution in [1.82, 2.24) is 4.98 Å². The van der Waals surface area contributed by atoms with E-state index >= 15 is 0 Å². The molecule has 2 aromatic rings. The highest BCUT2D eigenvalue weighted by Gasteiger charge is 2.29. The smallest absolute Gasteiger partial charge is 0.228 e. The van der Waals surface area contributed by atoms with Gasteiger partial charge in [0.1, 0.15) is 5.82 Å². The van der Waals surface area contributed by atoms with Gasteiger partial charge in [-0.25, -0.2) is 4.98 Å². The van der Waals surface area contributed by atoms with Gasteiger partial charge >= 0.3 is 0 Å². The zero-order chi connectivity index (χ0) is 14.8. The van der Waals surface area contributed by atoms with Crippen molar-refractivity contribution in [3.8, 4) is 0 Å². The van der Waals surface area contributed by atoms with Crippen LogP contribution < -0.4 is 10.6 Å².